The van der Waals surface area contributed by atoms with Crippen molar-refractivity contribution in [1.82, 2.24) is 4.90 Å². The Hall–Kier alpha value is -1.84. The zero-order valence-corrected chi connectivity index (χ0v) is 16.3. The molecule has 1 heterocycles. The number of amides is 2. The van der Waals surface area contributed by atoms with Gasteiger partial charge in [0.05, 0.1) is 23.8 Å². The Morgan fingerprint density at radius 2 is 1.89 bits per heavy atom. The smallest absolute Gasteiger partial charge is 0.381 e. The maximum Gasteiger partial charge on any atom is 0.418 e. The zero-order valence-electron chi connectivity index (χ0n) is 15.5. The van der Waals surface area contributed by atoms with Crippen LogP contribution in [0.5, 0.6) is 0 Å². The molecule has 1 atom stereocenters. The molecule has 0 aromatic heterocycles. The van der Waals surface area contributed by atoms with Gasteiger partial charge in [-0.3, -0.25) is 9.59 Å². The van der Waals surface area contributed by atoms with Crippen LogP contribution < -0.4 is 11.1 Å². The minimum absolute atomic E-state index is 0. The third-order valence-electron chi connectivity index (χ3n) is 4.59. The number of rotatable bonds is 6. The molecule has 0 radical (unpaired) electrons. The predicted octanol–water partition coefficient (Wildman–Crippen LogP) is 2.67. The molecule has 158 valence electrons. The third kappa shape index (κ3) is 6.35. The topological polar surface area (TPSA) is 84.7 Å². The zero-order chi connectivity index (χ0) is 20.0. The standard InChI is InChI=1S/C18H24F3N3O3.ClH/c1-2-24(17(26)16(22)12-7-9-27-10-8-12)11-15(25)23-14-6-4-3-5-13(14)18(19,20)21;/h3-6,12,16H,2,7-11,22H2,1H3,(H,23,25);1H. The number of hydrogen-bond donors (Lipinski definition) is 2. The molecule has 0 spiro atoms. The van der Waals surface area contributed by atoms with E-state index in [0.29, 0.717) is 26.1 Å². The SMILES string of the molecule is CCN(CC(=O)Nc1ccccc1C(F)(F)F)C(=O)C(N)C1CCOCC1.Cl. The fraction of sp³-hybridized carbons (Fsp3) is 0.556. The number of halogens is 4. The number of nitrogens with zero attached hydrogens (tertiary/aromatic N) is 1. The van der Waals surface area contributed by atoms with Gasteiger partial charge in [0.25, 0.3) is 0 Å². The van der Waals surface area contributed by atoms with E-state index in [1.165, 1.54) is 23.1 Å². The Labute approximate surface area is 168 Å². The average Bonchev–Trinajstić information content (AvgIpc) is 2.65. The van der Waals surface area contributed by atoms with Gasteiger partial charge in [-0.15, -0.1) is 12.4 Å². The van der Waals surface area contributed by atoms with Crippen molar-refractivity contribution in [3.63, 3.8) is 0 Å². The van der Waals surface area contributed by atoms with Gasteiger partial charge in [0.2, 0.25) is 11.8 Å². The fourth-order valence-corrected chi connectivity index (χ4v) is 3.04. The van der Waals surface area contributed by atoms with E-state index < -0.39 is 23.7 Å². The Kier molecular flexibility index (Phi) is 9.19. The van der Waals surface area contributed by atoms with E-state index >= 15 is 0 Å². The molecule has 28 heavy (non-hydrogen) atoms. The number of hydrogen-bond acceptors (Lipinski definition) is 4. The van der Waals surface area contributed by atoms with Crippen LogP contribution in [0.3, 0.4) is 0 Å². The number of anilines is 1. The highest BCUT2D eigenvalue weighted by Crippen LogP contribution is 2.34. The summed E-state index contributed by atoms with van der Waals surface area (Å²) < 4.78 is 44.3. The molecule has 1 aromatic rings. The lowest BCUT2D eigenvalue weighted by Crippen LogP contribution is -2.50. The van der Waals surface area contributed by atoms with Gasteiger partial charge in [0.15, 0.2) is 0 Å². The summed E-state index contributed by atoms with van der Waals surface area (Å²) in [5.41, 5.74) is 4.77. The molecule has 1 aliphatic heterocycles. The highest BCUT2D eigenvalue weighted by atomic mass is 35.5. The molecule has 0 bridgehead atoms. The van der Waals surface area contributed by atoms with Crippen molar-refractivity contribution in [2.75, 3.05) is 31.6 Å². The normalized spacial score (nSPS) is 16.0. The molecule has 2 amide bonds. The van der Waals surface area contributed by atoms with Crippen LogP contribution in [-0.4, -0.2) is 49.1 Å². The van der Waals surface area contributed by atoms with Gasteiger partial charge >= 0.3 is 6.18 Å². The van der Waals surface area contributed by atoms with E-state index in [-0.39, 0.29) is 43.0 Å². The van der Waals surface area contributed by atoms with Crippen molar-refractivity contribution in [2.45, 2.75) is 32.0 Å². The highest BCUT2D eigenvalue weighted by molar-refractivity contribution is 5.96. The first-order valence-electron chi connectivity index (χ1n) is 8.82. The molecule has 1 aliphatic rings. The van der Waals surface area contributed by atoms with E-state index in [1.54, 1.807) is 6.92 Å². The number of benzene rings is 1. The molecule has 0 aliphatic carbocycles. The lowest BCUT2D eigenvalue weighted by Gasteiger charge is -2.30. The summed E-state index contributed by atoms with van der Waals surface area (Å²) in [7, 11) is 0. The minimum Gasteiger partial charge on any atom is -0.381 e. The van der Waals surface area contributed by atoms with Crippen LogP contribution in [0.15, 0.2) is 24.3 Å². The summed E-state index contributed by atoms with van der Waals surface area (Å²) in [6.45, 7) is 2.62. The largest absolute Gasteiger partial charge is 0.418 e. The maximum absolute atomic E-state index is 13.0. The first kappa shape index (κ1) is 24.2. The summed E-state index contributed by atoms with van der Waals surface area (Å²) in [5.74, 6) is -1.13. The highest BCUT2D eigenvalue weighted by Gasteiger charge is 2.34. The number of likely N-dealkylation sites (N-methyl/N-ethyl adjacent to an activating group) is 1. The van der Waals surface area contributed by atoms with E-state index in [0.717, 1.165) is 6.07 Å². The molecule has 6 nitrogen and oxygen atoms in total. The van der Waals surface area contributed by atoms with E-state index in [4.69, 9.17) is 10.5 Å². The van der Waals surface area contributed by atoms with E-state index in [1.807, 2.05) is 0 Å². The Balaban J connectivity index is 0.00000392. The molecule has 0 saturated carbocycles. The molecule has 1 saturated heterocycles. The van der Waals surface area contributed by atoms with Gasteiger partial charge in [0.1, 0.15) is 0 Å². The van der Waals surface area contributed by atoms with Gasteiger partial charge in [-0.25, -0.2) is 0 Å². The van der Waals surface area contributed by atoms with Crippen molar-refractivity contribution < 1.29 is 27.5 Å². The fourth-order valence-electron chi connectivity index (χ4n) is 3.04. The number of carbonyl (C=O) groups is 2. The van der Waals surface area contributed by atoms with Gasteiger partial charge in [-0.2, -0.15) is 13.2 Å². The summed E-state index contributed by atoms with van der Waals surface area (Å²) in [5, 5.41) is 2.24. The van der Waals surface area contributed by atoms with Crippen LogP contribution in [0.4, 0.5) is 18.9 Å². The molecule has 1 fully saturated rings. The number of para-hydroxylation sites is 1. The number of ether oxygens (including phenoxy) is 1. The molecule has 1 unspecified atom stereocenters. The summed E-state index contributed by atoms with van der Waals surface area (Å²) in [4.78, 5) is 26.1. The second kappa shape index (κ2) is 10.6. The molecule has 2 rings (SSSR count). The van der Waals surface area contributed by atoms with Gasteiger partial charge in [-0.1, -0.05) is 12.1 Å². The van der Waals surface area contributed by atoms with Crippen molar-refractivity contribution in [1.29, 1.82) is 0 Å². The Bertz CT molecular complexity index is 667. The molecule has 10 heteroatoms. The summed E-state index contributed by atoms with van der Waals surface area (Å²) in [6, 6.07) is 3.94. The van der Waals surface area contributed by atoms with Crippen molar-refractivity contribution in [3.05, 3.63) is 29.8 Å². The van der Waals surface area contributed by atoms with Crippen LogP contribution in [0, 0.1) is 5.92 Å². The number of carbonyl (C=O) groups excluding carboxylic acids is 2. The van der Waals surface area contributed by atoms with Crippen LogP contribution in [0.25, 0.3) is 0 Å². The van der Waals surface area contributed by atoms with Crippen LogP contribution in [-0.2, 0) is 20.5 Å². The first-order valence-corrected chi connectivity index (χ1v) is 8.82. The quantitative estimate of drug-likeness (QED) is 0.736. The van der Waals surface area contributed by atoms with Gasteiger partial charge in [0, 0.05) is 19.8 Å². The number of nitrogens with two attached hydrogens (primary N) is 1. The lowest BCUT2D eigenvalue weighted by atomic mass is 9.91. The van der Waals surface area contributed by atoms with Crippen molar-refractivity contribution >= 4 is 29.9 Å². The minimum atomic E-state index is -4.59. The first-order chi connectivity index (χ1) is 12.7. The summed E-state index contributed by atoms with van der Waals surface area (Å²) in [6.07, 6.45) is -3.26. The Morgan fingerprint density at radius 3 is 2.46 bits per heavy atom. The predicted molar refractivity (Wildman–Crippen MR) is 101 cm³/mol. The second-order valence-electron chi connectivity index (χ2n) is 6.42. The lowest BCUT2D eigenvalue weighted by molar-refractivity contribution is -0.138. The van der Waals surface area contributed by atoms with Gasteiger partial charge < -0.3 is 20.7 Å². The Morgan fingerprint density at radius 1 is 1.29 bits per heavy atom. The van der Waals surface area contributed by atoms with Crippen molar-refractivity contribution in [3.8, 4) is 0 Å². The van der Waals surface area contributed by atoms with Gasteiger partial charge in [-0.05, 0) is 37.8 Å². The third-order valence-corrected chi connectivity index (χ3v) is 4.59. The number of alkyl halides is 3. The maximum atomic E-state index is 13.0. The molecular formula is C18H25ClF3N3O3. The number of nitrogens with one attached hydrogen (secondary N) is 1. The van der Waals surface area contributed by atoms with Crippen LogP contribution in [0.1, 0.15) is 25.3 Å². The second-order valence-corrected chi connectivity index (χ2v) is 6.42. The van der Waals surface area contributed by atoms with Crippen LogP contribution in [0.2, 0.25) is 0 Å². The molecular weight excluding hydrogens is 399 g/mol. The molecule has 3 N–H and O–H groups in total. The van der Waals surface area contributed by atoms with E-state index in [2.05, 4.69) is 5.32 Å². The molecule has 1 aromatic carbocycles. The van der Waals surface area contributed by atoms with Crippen molar-refractivity contribution in [2.24, 2.45) is 11.7 Å². The van der Waals surface area contributed by atoms with Crippen LogP contribution >= 0.6 is 12.4 Å². The monoisotopic (exact) mass is 423 g/mol. The average molecular weight is 424 g/mol. The summed E-state index contributed by atoms with van der Waals surface area (Å²) >= 11 is 0. The van der Waals surface area contributed by atoms with E-state index in [9.17, 15) is 22.8 Å².